The van der Waals surface area contributed by atoms with Gasteiger partial charge in [0.2, 0.25) is 0 Å². The largest absolute Gasteiger partial charge is 0.370 e. The Morgan fingerprint density at radius 3 is 2.82 bits per heavy atom. The molecule has 28 heavy (non-hydrogen) atoms. The maximum Gasteiger partial charge on any atom is 0.189 e. The highest BCUT2D eigenvalue weighted by molar-refractivity contribution is 7.98. The number of piperidine rings is 1. The molecule has 1 aliphatic carbocycles. The van der Waals surface area contributed by atoms with Crippen LogP contribution in [0.1, 0.15) is 44.4 Å². The van der Waals surface area contributed by atoms with Crippen molar-refractivity contribution in [2.45, 2.75) is 51.1 Å². The van der Waals surface area contributed by atoms with Crippen molar-refractivity contribution in [1.82, 2.24) is 25.1 Å². The Bertz CT molecular complexity index is 822. The number of aromatic nitrogens is 4. The van der Waals surface area contributed by atoms with Crippen LogP contribution in [-0.2, 0) is 12.8 Å². The van der Waals surface area contributed by atoms with Crippen LogP contribution in [0.3, 0.4) is 0 Å². The highest BCUT2D eigenvalue weighted by atomic mass is 32.2. The van der Waals surface area contributed by atoms with Crippen molar-refractivity contribution >= 4 is 17.6 Å². The standard InChI is InChI=1S/C21H32N6S/c1-21(2)8-5-15-17(12-21)25-26-19(15)16-11-18(24-20(23-16)28-4)22-13-14-6-9-27(3)10-7-14/h11,14H,5-10,12-13H2,1-4H3,(H,25,26)(H,22,23,24). The number of anilines is 1. The average molecular weight is 401 g/mol. The van der Waals surface area contributed by atoms with Gasteiger partial charge in [0.05, 0.1) is 5.69 Å². The van der Waals surface area contributed by atoms with E-state index in [4.69, 9.17) is 4.98 Å². The van der Waals surface area contributed by atoms with Crippen molar-refractivity contribution in [1.29, 1.82) is 0 Å². The van der Waals surface area contributed by atoms with Crippen LogP contribution in [0.25, 0.3) is 11.4 Å². The van der Waals surface area contributed by atoms with E-state index < -0.39 is 0 Å². The number of nitrogens with one attached hydrogen (secondary N) is 2. The first kappa shape index (κ1) is 19.7. The van der Waals surface area contributed by atoms with Crippen LogP contribution in [0, 0.1) is 11.3 Å². The molecule has 2 aromatic heterocycles. The van der Waals surface area contributed by atoms with Crippen LogP contribution in [0.2, 0.25) is 0 Å². The highest BCUT2D eigenvalue weighted by Crippen LogP contribution is 2.37. The molecular formula is C21H32N6S. The first-order chi connectivity index (χ1) is 13.4. The minimum Gasteiger partial charge on any atom is -0.370 e. The zero-order chi connectivity index (χ0) is 19.7. The second-order valence-corrected chi connectivity index (χ2v) is 9.90. The Morgan fingerprint density at radius 1 is 1.29 bits per heavy atom. The highest BCUT2D eigenvalue weighted by Gasteiger charge is 2.29. The van der Waals surface area contributed by atoms with Gasteiger partial charge in [-0.2, -0.15) is 5.10 Å². The van der Waals surface area contributed by atoms with Gasteiger partial charge in [-0.25, -0.2) is 9.97 Å². The van der Waals surface area contributed by atoms with E-state index >= 15 is 0 Å². The average Bonchev–Trinajstić information content (AvgIpc) is 3.09. The number of aromatic amines is 1. The van der Waals surface area contributed by atoms with Crippen molar-refractivity contribution in [2.75, 3.05) is 38.3 Å². The summed E-state index contributed by atoms with van der Waals surface area (Å²) in [6.45, 7) is 8.02. The molecule has 1 aliphatic heterocycles. The fraction of sp³-hybridized carbons (Fsp3) is 0.667. The summed E-state index contributed by atoms with van der Waals surface area (Å²) in [5, 5.41) is 12.3. The molecule has 6 nitrogen and oxygen atoms in total. The molecule has 7 heteroatoms. The smallest absolute Gasteiger partial charge is 0.189 e. The van der Waals surface area contributed by atoms with Gasteiger partial charge in [-0.15, -0.1) is 0 Å². The summed E-state index contributed by atoms with van der Waals surface area (Å²) in [6, 6.07) is 2.07. The Balaban J connectivity index is 1.54. The molecule has 0 saturated carbocycles. The SMILES string of the molecule is CSc1nc(NCC2CCN(C)CC2)cc(-c2n[nH]c3c2CCC(C)(C)C3)n1. The minimum atomic E-state index is 0.341. The lowest BCUT2D eigenvalue weighted by atomic mass is 9.76. The molecule has 152 valence electrons. The Hall–Kier alpha value is -1.60. The molecule has 1 saturated heterocycles. The third-order valence-corrected chi connectivity index (χ3v) is 6.75. The van der Waals surface area contributed by atoms with Crippen molar-refractivity contribution in [3.8, 4) is 11.4 Å². The fourth-order valence-electron chi connectivity index (χ4n) is 4.30. The maximum atomic E-state index is 4.77. The Labute approximate surface area is 172 Å². The van der Waals surface area contributed by atoms with Crippen LogP contribution in [0.15, 0.2) is 11.2 Å². The van der Waals surface area contributed by atoms with Crippen LogP contribution >= 0.6 is 11.8 Å². The predicted molar refractivity (Wildman–Crippen MR) is 116 cm³/mol. The maximum absolute atomic E-state index is 4.77. The Morgan fingerprint density at radius 2 is 2.07 bits per heavy atom. The van der Waals surface area contributed by atoms with Crippen molar-refractivity contribution in [2.24, 2.45) is 11.3 Å². The molecule has 0 unspecified atom stereocenters. The van der Waals surface area contributed by atoms with E-state index in [1.54, 1.807) is 11.8 Å². The van der Waals surface area contributed by atoms with Crippen molar-refractivity contribution in [3.63, 3.8) is 0 Å². The zero-order valence-electron chi connectivity index (χ0n) is 17.5. The van der Waals surface area contributed by atoms with Gasteiger partial charge < -0.3 is 10.2 Å². The molecule has 3 heterocycles. The van der Waals surface area contributed by atoms with E-state index in [1.807, 2.05) is 6.26 Å². The molecule has 0 aromatic carbocycles. The number of thioether (sulfide) groups is 1. The second kappa shape index (κ2) is 8.03. The molecule has 0 spiro atoms. The summed E-state index contributed by atoms with van der Waals surface area (Å²) in [5.41, 5.74) is 4.89. The van der Waals surface area contributed by atoms with E-state index in [0.29, 0.717) is 11.3 Å². The quantitative estimate of drug-likeness (QED) is 0.587. The molecule has 1 fully saturated rings. The molecular weight excluding hydrogens is 368 g/mol. The number of hydrogen-bond donors (Lipinski definition) is 2. The molecule has 0 atom stereocenters. The van der Waals surface area contributed by atoms with E-state index in [-0.39, 0.29) is 0 Å². The minimum absolute atomic E-state index is 0.341. The monoisotopic (exact) mass is 400 g/mol. The number of rotatable bonds is 5. The lowest BCUT2D eigenvalue weighted by Gasteiger charge is -2.29. The summed E-state index contributed by atoms with van der Waals surface area (Å²) in [5.74, 6) is 1.63. The third kappa shape index (κ3) is 4.35. The van der Waals surface area contributed by atoms with Gasteiger partial charge in [-0.3, -0.25) is 5.10 Å². The van der Waals surface area contributed by atoms with E-state index in [1.165, 1.54) is 43.6 Å². The number of fused-ring (bicyclic) bond motifs is 1. The van der Waals surface area contributed by atoms with E-state index in [9.17, 15) is 0 Å². The fourth-order valence-corrected chi connectivity index (χ4v) is 4.68. The van der Waals surface area contributed by atoms with Crippen LogP contribution < -0.4 is 5.32 Å². The summed E-state index contributed by atoms with van der Waals surface area (Å²) in [6.07, 6.45) is 7.83. The van der Waals surface area contributed by atoms with Gasteiger partial charge in [-0.05, 0) is 69.8 Å². The first-order valence-electron chi connectivity index (χ1n) is 10.4. The summed E-state index contributed by atoms with van der Waals surface area (Å²) < 4.78 is 0. The van der Waals surface area contributed by atoms with Crippen LogP contribution in [0.5, 0.6) is 0 Å². The molecule has 0 amide bonds. The summed E-state index contributed by atoms with van der Waals surface area (Å²) in [7, 11) is 2.21. The molecule has 0 radical (unpaired) electrons. The van der Waals surface area contributed by atoms with Crippen LogP contribution in [-0.4, -0.2) is 58.0 Å². The molecule has 0 bridgehead atoms. The van der Waals surface area contributed by atoms with Gasteiger partial charge in [0, 0.05) is 23.9 Å². The van der Waals surface area contributed by atoms with Gasteiger partial charge in [0.15, 0.2) is 5.16 Å². The molecule has 4 rings (SSSR count). The lowest BCUT2D eigenvalue weighted by molar-refractivity contribution is 0.226. The van der Waals surface area contributed by atoms with Gasteiger partial charge >= 0.3 is 0 Å². The van der Waals surface area contributed by atoms with Gasteiger partial charge in [-0.1, -0.05) is 25.6 Å². The first-order valence-corrected chi connectivity index (χ1v) is 11.6. The van der Waals surface area contributed by atoms with Gasteiger partial charge in [0.25, 0.3) is 0 Å². The van der Waals surface area contributed by atoms with E-state index in [2.05, 4.69) is 52.4 Å². The Kier molecular flexibility index (Phi) is 5.65. The summed E-state index contributed by atoms with van der Waals surface area (Å²) >= 11 is 1.59. The van der Waals surface area contributed by atoms with E-state index in [0.717, 1.165) is 41.7 Å². The molecule has 2 aromatic rings. The molecule has 2 aliphatic rings. The molecule has 2 N–H and O–H groups in total. The number of nitrogens with zero attached hydrogens (tertiary/aromatic N) is 4. The number of hydrogen-bond acceptors (Lipinski definition) is 6. The van der Waals surface area contributed by atoms with Crippen LogP contribution in [0.4, 0.5) is 5.82 Å². The summed E-state index contributed by atoms with van der Waals surface area (Å²) in [4.78, 5) is 11.9. The van der Waals surface area contributed by atoms with Crippen molar-refractivity contribution < 1.29 is 0 Å². The topological polar surface area (TPSA) is 69.7 Å². The zero-order valence-corrected chi connectivity index (χ0v) is 18.3. The lowest BCUT2D eigenvalue weighted by Crippen LogP contribution is -2.33. The van der Waals surface area contributed by atoms with Crippen molar-refractivity contribution in [3.05, 3.63) is 17.3 Å². The third-order valence-electron chi connectivity index (χ3n) is 6.20. The number of H-pyrrole nitrogens is 1. The normalized spacial score (nSPS) is 20.1. The second-order valence-electron chi connectivity index (χ2n) is 9.12. The van der Waals surface area contributed by atoms with Gasteiger partial charge in [0.1, 0.15) is 11.5 Å². The predicted octanol–water partition coefficient (Wildman–Crippen LogP) is 3.86. The number of likely N-dealkylation sites (tertiary alicyclic amines) is 1.